The fraction of sp³-hybridized carbons (Fsp3) is 0.229. The van der Waals surface area contributed by atoms with Gasteiger partial charge in [-0.15, -0.1) is 0 Å². The molecule has 7 nitrogen and oxygen atoms in total. The maximum absolute atomic E-state index is 14.7. The Balaban J connectivity index is 1.34. The average molecular weight is 644 g/mol. The summed E-state index contributed by atoms with van der Waals surface area (Å²) in [5.74, 6) is 5.08. The van der Waals surface area contributed by atoms with Crippen LogP contribution in [0.15, 0.2) is 79.0 Å². The van der Waals surface area contributed by atoms with Crippen molar-refractivity contribution in [3.8, 4) is 22.6 Å². The molecule has 1 fully saturated rings. The van der Waals surface area contributed by atoms with Crippen LogP contribution in [0.2, 0.25) is 0 Å². The molecule has 1 saturated heterocycles. The first-order chi connectivity index (χ1) is 21.9. The monoisotopic (exact) mass is 643 g/mol. The Labute approximate surface area is 266 Å². The Morgan fingerprint density at radius 1 is 1.13 bits per heavy atom. The number of pyridine rings is 2. The van der Waals surface area contributed by atoms with Gasteiger partial charge in [-0.05, 0) is 78.4 Å². The fourth-order valence-electron chi connectivity index (χ4n) is 5.68. The van der Waals surface area contributed by atoms with Crippen molar-refractivity contribution in [1.82, 2.24) is 34.8 Å². The molecule has 3 N–H and O–H groups in total. The van der Waals surface area contributed by atoms with Crippen molar-refractivity contribution in [1.29, 1.82) is 0 Å². The minimum Gasteiger partial charge on any atom is -0.353 e. The van der Waals surface area contributed by atoms with Gasteiger partial charge in [0.05, 0.1) is 29.1 Å². The molecule has 0 bridgehead atoms. The largest absolute Gasteiger partial charge is 0.353 e. The summed E-state index contributed by atoms with van der Waals surface area (Å²) < 4.78 is 45.6. The Bertz CT molecular complexity index is 2120. The van der Waals surface area contributed by atoms with Crippen LogP contribution in [0.3, 0.4) is 0 Å². The van der Waals surface area contributed by atoms with E-state index in [0.29, 0.717) is 47.8 Å². The van der Waals surface area contributed by atoms with Crippen LogP contribution in [0.5, 0.6) is 0 Å². The number of hydrogen-bond acceptors (Lipinski definition) is 5. The predicted octanol–water partition coefficient (Wildman–Crippen LogP) is 7.47. The second-order valence-electron chi connectivity index (χ2n) is 11.9. The number of nitrogens with zero attached hydrogens (tertiary/aromatic N) is 4. The molecule has 0 amide bonds. The van der Waals surface area contributed by atoms with Gasteiger partial charge in [-0.1, -0.05) is 30.5 Å². The summed E-state index contributed by atoms with van der Waals surface area (Å²) in [5, 5.41) is 8.47. The fourth-order valence-corrected chi connectivity index (χ4v) is 6.19. The van der Waals surface area contributed by atoms with Gasteiger partial charge in [-0.25, -0.2) is 18.2 Å². The van der Waals surface area contributed by atoms with Crippen molar-refractivity contribution < 1.29 is 13.2 Å². The molecule has 1 aromatic carbocycles. The molecule has 1 aliphatic heterocycles. The average Bonchev–Trinajstić information content (AvgIpc) is 3.72. The highest BCUT2D eigenvalue weighted by molar-refractivity contribution is 8.25. The number of fused-ring (bicyclic) bond motifs is 2. The van der Waals surface area contributed by atoms with Crippen molar-refractivity contribution in [3.63, 3.8) is 0 Å². The molecule has 11 heteroatoms. The number of rotatable bonds is 10. The highest BCUT2D eigenvalue weighted by Gasteiger charge is 2.38. The number of aromatic nitrogens is 5. The lowest BCUT2D eigenvalue weighted by atomic mass is 10.0. The number of benzene rings is 1. The summed E-state index contributed by atoms with van der Waals surface area (Å²) in [4.78, 5) is 14.8. The van der Waals surface area contributed by atoms with Crippen LogP contribution in [0.4, 0.5) is 13.2 Å². The Hall–Kier alpha value is -4.45. The van der Waals surface area contributed by atoms with E-state index in [1.807, 2.05) is 55.7 Å². The maximum Gasteiger partial charge on any atom is 0.261 e. The summed E-state index contributed by atoms with van der Waals surface area (Å²) >= 11 is 0. The van der Waals surface area contributed by atoms with Gasteiger partial charge in [0.1, 0.15) is 17.0 Å². The molecule has 238 valence electrons. The minimum atomic E-state index is -2.65. The SMILES string of the molecule is C=C/C(=C\C(=C/C)c1ccc2[nH]nc(-c3cc4c(-c5cc(F)cc(CNS(=C)(=C)C)c5)nccc4[nH]3)c2n1)CN1CCC(F)(F)C1. The first kappa shape index (κ1) is 31.5. The van der Waals surface area contributed by atoms with Gasteiger partial charge in [-0.2, -0.15) is 14.5 Å². The quantitative estimate of drug-likeness (QED) is 0.109. The van der Waals surface area contributed by atoms with Crippen LogP contribution in [0.1, 0.15) is 24.6 Å². The van der Waals surface area contributed by atoms with Crippen LogP contribution >= 0.6 is 9.39 Å². The zero-order valence-electron chi connectivity index (χ0n) is 25.8. The van der Waals surface area contributed by atoms with E-state index in [-0.39, 0.29) is 18.8 Å². The first-order valence-corrected chi connectivity index (χ1v) is 17.2. The number of nitrogens with one attached hydrogen (secondary N) is 3. The second-order valence-corrected chi connectivity index (χ2v) is 14.7. The molecular weight excluding hydrogens is 607 g/mol. The summed E-state index contributed by atoms with van der Waals surface area (Å²) in [7, 11) is -1.46. The van der Waals surface area contributed by atoms with E-state index < -0.39 is 15.3 Å². The third-order valence-corrected chi connectivity index (χ3v) is 8.77. The molecule has 5 heterocycles. The Kier molecular flexibility index (Phi) is 8.49. The minimum absolute atomic E-state index is 0.129. The topological polar surface area (TPSA) is 85.5 Å². The van der Waals surface area contributed by atoms with Gasteiger partial charge in [0.2, 0.25) is 0 Å². The molecule has 0 saturated carbocycles. The van der Waals surface area contributed by atoms with E-state index in [1.54, 1.807) is 17.2 Å². The van der Waals surface area contributed by atoms with Gasteiger partial charge in [-0.3, -0.25) is 19.7 Å². The number of allylic oxidation sites excluding steroid dienone is 3. The molecule has 0 spiro atoms. The molecular formula is C35H36F3N7S. The smallest absolute Gasteiger partial charge is 0.261 e. The normalized spacial score (nSPS) is 16.1. The summed E-state index contributed by atoms with van der Waals surface area (Å²) in [6.07, 6.45) is 9.08. The lowest BCUT2D eigenvalue weighted by Crippen LogP contribution is -2.26. The van der Waals surface area contributed by atoms with E-state index in [9.17, 15) is 13.2 Å². The zero-order valence-corrected chi connectivity index (χ0v) is 26.7. The van der Waals surface area contributed by atoms with Crippen molar-refractivity contribution in [2.45, 2.75) is 25.8 Å². The van der Waals surface area contributed by atoms with Crippen molar-refractivity contribution in [3.05, 3.63) is 96.1 Å². The van der Waals surface area contributed by atoms with Crippen LogP contribution in [0.25, 0.3) is 50.2 Å². The van der Waals surface area contributed by atoms with Crippen LogP contribution in [0, 0.1) is 5.82 Å². The van der Waals surface area contributed by atoms with Gasteiger partial charge in [0.15, 0.2) is 0 Å². The second kappa shape index (κ2) is 12.4. The lowest BCUT2D eigenvalue weighted by Gasteiger charge is -2.16. The van der Waals surface area contributed by atoms with E-state index in [2.05, 4.69) is 43.2 Å². The Morgan fingerprint density at radius 3 is 2.67 bits per heavy atom. The van der Waals surface area contributed by atoms with E-state index >= 15 is 0 Å². The number of halogens is 3. The number of H-pyrrole nitrogens is 2. The predicted molar refractivity (Wildman–Crippen MR) is 187 cm³/mol. The maximum atomic E-state index is 14.7. The van der Waals surface area contributed by atoms with Crippen molar-refractivity contribution >= 4 is 48.6 Å². The molecule has 46 heavy (non-hydrogen) atoms. The van der Waals surface area contributed by atoms with Crippen LogP contribution < -0.4 is 4.72 Å². The molecule has 4 aromatic heterocycles. The number of aromatic amines is 2. The van der Waals surface area contributed by atoms with E-state index in [4.69, 9.17) is 4.98 Å². The molecule has 1 aliphatic rings. The van der Waals surface area contributed by atoms with Gasteiger partial charge < -0.3 is 4.98 Å². The highest BCUT2D eigenvalue weighted by Crippen LogP contribution is 2.34. The molecule has 6 rings (SSSR count). The standard InChI is InChI=1S/C35H36F3N7S/c1-6-22(20-45-13-11-35(37,38)21-45)14-24(7-2)28-8-9-30-33(42-28)34(44-43-30)31-18-27-29(41-31)10-12-39-32(27)25-15-23(16-26(36)17-25)19-40-46(3,4)5/h6-10,12,14-18,40-41H,1,3-4,11,13,19-21H2,2,5H3,(H,43,44)/b22-14+,24-7+. The molecule has 5 aromatic rings. The van der Waals surface area contributed by atoms with Crippen LogP contribution in [-0.4, -0.2) is 73.6 Å². The molecule has 0 unspecified atom stereocenters. The van der Waals surface area contributed by atoms with Gasteiger partial charge >= 0.3 is 0 Å². The third kappa shape index (κ3) is 6.86. The summed E-state index contributed by atoms with van der Waals surface area (Å²) in [6.45, 7) is 6.75. The number of alkyl halides is 2. The Morgan fingerprint density at radius 2 is 1.96 bits per heavy atom. The first-order valence-electron chi connectivity index (χ1n) is 14.8. The van der Waals surface area contributed by atoms with Gasteiger partial charge in [0.25, 0.3) is 5.92 Å². The van der Waals surface area contributed by atoms with Crippen molar-refractivity contribution in [2.75, 3.05) is 25.9 Å². The number of hydrogen-bond donors (Lipinski definition) is 3. The zero-order chi connectivity index (χ0) is 32.6. The lowest BCUT2D eigenvalue weighted by molar-refractivity contribution is 0.0131. The summed E-state index contributed by atoms with van der Waals surface area (Å²) in [6, 6.07) is 12.5. The summed E-state index contributed by atoms with van der Waals surface area (Å²) in [5.41, 5.74) is 8.06. The van der Waals surface area contributed by atoms with Gasteiger partial charge in [0, 0.05) is 48.7 Å². The number of likely N-dealkylation sites (tertiary alicyclic amines) is 1. The van der Waals surface area contributed by atoms with E-state index in [1.165, 1.54) is 12.1 Å². The third-order valence-electron chi connectivity index (χ3n) is 7.93. The molecule has 0 atom stereocenters. The molecule has 0 radical (unpaired) electrons. The molecule has 0 aliphatic carbocycles. The highest BCUT2D eigenvalue weighted by atomic mass is 32.2. The van der Waals surface area contributed by atoms with E-state index in [0.717, 1.165) is 38.8 Å². The van der Waals surface area contributed by atoms with Crippen LogP contribution in [-0.2, 0) is 6.54 Å². The van der Waals surface area contributed by atoms with Crippen molar-refractivity contribution in [2.24, 2.45) is 0 Å².